The number of carbonyl (C=O) groups excluding carboxylic acids is 1. The Morgan fingerprint density at radius 2 is 1.71 bits per heavy atom. The third-order valence-electron chi connectivity index (χ3n) is 3.12. The highest BCUT2D eigenvalue weighted by Crippen LogP contribution is 2.21. The fourth-order valence-corrected chi connectivity index (χ4v) is 1.97. The monoisotopic (exact) mass is 281 g/mol. The van der Waals surface area contributed by atoms with Gasteiger partial charge in [0.25, 0.3) is 0 Å². The van der Waals surface area contributed by atoms with E-state index in [4.69, 9.17) is 4.74 Å². The maximum Gasteiger partial charge on any atom is 0.248 e. The first-order chi connectivity index (χ1) is 10.1. The van der Waals surface area contributed by atoms with Crippen molar-refractivity contribution >= 4 is 17.7 Å². The third-order valence-corrected chi connectivity index (χ3v) is 3.12. The van der Waals surface area contributed by atoms with Crippen LogP contribution >= 0.6 is 0 Å². The largest absolute Gasteiger partial charge is 0.496 e. The Bertz CT molecular complexity index is 657. The van der Waals surface area contributed by atoms with Crippen molar-refractivity contribution < 1.29 is 9.53 Å². The van der Waals surface area contributed by atoms with Gasteiger partial charge in [0.05, 0.1) is 7.11 Å². The lowest BCUT2D eigenvalue weighted by Crippen LogP contribution is -2.07. The summed E-state index contributed by atoms with van der Waals surface area (Å²) in [6, 6.07) is 13.5. The lowest BCUT2D eigenvalue weighted by molar-refractivity contribution is -0.111. The molecule has 1 N–H and O–H groups in total. The summed E-state index contributed by atoms with van der Waals surface area (Å²) in [6.07, 6.45) is 3.27. The third kappa shape index (κ3) is 4.21. The molecule has 0 unspecified atom stereocenters. The van der Waals surface area contributed by atoms with Crippen molar-refractivity contribution in [1.82, 2.24) is 0 Å². The van der Waals surface area contributed by atoms with E-state index in [1.165, 1.54) is 6.08 Å². The van der Waals surface area contributed by atoms with Crippen LogP contribution in [0, 0.1) is 13.8 Å². The molecule has 0 atom stereocenters. The van der Waals surface area contributed by atoms with Gasteiger partial charge in [0, 0.05) is 17.3 Å². The van der Waals surface area contributed by atoms with Crippen LogP contribution in [0.15, 0.2) is 48.5 Å². The van der Waals surface area contributed by atoms with Crippen LogP contribution in [0.3, 0.4) is 0 Å². The number of hydrogen-bond donors (Lipinski definition) is 1. The molecule has 0 aliphatic heterocycles. The molecule has 0 bridgehead atoms. The standard InChI is InChI=1S/C18H19NO2/c1-13-4-8-16(9-5-13)19-18(20)11-7-15-12-14(2)6-10-17(15)21-3/h4-12H,1-3H3,(H,19,20)/b11-7+. The molecule has 21 heavy (non-hydrogen) atoms. The zero-order chi connectivity index (χ0) is 15.2. The Kier molecular flexibility index (Phi) is 4.77. The Hall–Kier alpha value is -2.55. The van der Waals surface area contributed by atoms with Crippen LogP contribution in [0.1, 0.15) is 16.7 Å². The summed E-state index contributed by atoms with van der Waals surface area (Å²) < 4.78 is 5.28. The number of methoxy groups -OCH3 is 1. The molecular weight excluding hydrogens is 262 g/mol. The van der Waals surface area contributed by atoms with E-state index in [1.54, 1.807) is 13.2 Å². The van der Waals surface area contributed by atoms with Gasteiger partial charge in [0.1, 0.15) is 5.75 Å². The quantitative estimate of drug-likeness (QED) is 0.861. The molecule has 0 saturated heterocycles. The predicted octanol–water partition coefficient (Wildman–Crippen LogP) is 3.96. The number of rotatable bonds is 4. The molecule has 3 heteroatoms. The molecule has 0 fully saturated rings. The van der Waals surface area contributed by atoms with Crippen LogP contribution < -0.4 is 10.1 Å². The summed E-state index contributed by atoms with van der Waals surface area (Å²) in [5.74, 6) is 0.586. The molecule has 2 aromatic carbocycles. The van der Waals surface area contributed by atoms with Gasteiger partial charge in [-0.3, -0.25) is 4.79 Å². The first-order valence-electron chi connectivity index (χ1n) is 6.79. The van der Waals surface area contributed by atoms with Gasteiger partial charge in [0.15, 0.2) is 0 Å². The van der Waals surface area contributed by atoms with E-state index in [9.17, 15) is 4.79 Å². The molecule has 0 radical (unpaired) electrons. The van der Waals surface area contributed by atoms with Gasteiger partial charge in [-0.25, -0.2) is 0 Å². The molecular formula is C18H19NO2. The van der Waals surface area contributed by atoms with Crippen LogP contribution in [0.2, 0.25) is 0 Å². The summed E-state index contributed by atoms with van der Waals surface area (Å²) in [7, 11) is 1.62. The van der Waals surface area contributed by atoms with Crippen LogP contribution in [0.4, 0.5) is 5.69 Å². The SMILES string of the molecule is COc1ccc(C)cc1/C=C/C(=O)Nc1ccc(C)cc1. The molecule has 2 aromatic rings. The van der Waals surface area contributed by atoms with E-state index in [0.717, 1.165) is 28.1 Å². The Labute approximate surface area is 125 Å². The fourth-order valence-electron chi connectivity index (χ4n) is 1.97. The van der Waals surface area contributed by atoms with Gasteiger partial charge in [-0.15, -0.1) is 0 Å². The van der Waals surface area contributed by atoms with E-state index < -0.39 is 0 Å². The maximum atomic E-state index is 11.9. The van der Waals surface area contributed by atoms with Crippen LogP contribution in [-0.4, -0.2) is 13.0 Å². The van der Waals surface area contributed by atoms with Crippen molar-refractivity contribution in [2.45, 2.75) is 13.8 Å². The highest BCUT2D eigenvalue weighted by Gasteiger charge is 2.01. The number of ether oxygens (including phenoxy) is 1. The minimum atomic E-state index is -0.164. The number of nitrogens with one attached hydrogen (secondary N) is 1. The Morgan fingerprint density at radius 3 is 2.38 bits per heavy atom. The van der Waals surface area contributed by atoms with Crippen molar-refractivity contribution in [2.75, 3.05) is 12.4 Å². The predicted molar refractivity (Wildman–Crippen MR) is 86.6 cm³/mol. The van der Waals surface area contributed by atoms with E-state index in [0.29, 0.717) is 0 Å². The Morgan fingerprint density at radius 1 is 1.05 bits per heavy atom. The molecule has 3 nitrogen and oxygen atoms in total. The van der Waals surface area contributed by atoms with E-state index in [1.807, 2.05) is 56.3 Å². The van der Waals surface area contributed by atoms with Crippen molar-refractivity contribution in [3.63, 3.8) is 0 Å². The van der Waals surface area contributed by atoms with Gasteiger partial charge in [0.2, 0.25) is 5.91 Å². The number of aryl methyl sites for hydroxylation is 2. The summed E-state index contributed by atoms with van der Waals surface area (Å²) >= 11 is 0. The van der Waals surface area contributed by atoms with Gasteiger partial charge >= 0.3 is 0 Å². The summed E-state index contributed by atoms with van der Waals surface area (Å²) in [5.41, 5.74) is 3.95. The fraction of sp³-hybridized carbons (Fsp3) is 0.167. The van der Waals surface area contributed by atoms with Crippen molar-refractivity contribution in [3.05, 3.63) is 65.2 Å². The van der Waals surface area contributed by atoms with E-state index in [-0.39, 0.29) is 5.91 Å². The molecule has 0 saturated carbocycles. The average Bonchev–Trinajstić information content (AvgIpc) is 2.48. The normalized spacial score (nSPS) is 10.6. The second kappa shape index (κ2) is 6.75. The summed E-state index contributed by atoms with van der Waals surface area (Å²) in [5, 5.41) is 2.82. The smallest absolute Gasteiger partial charge is 0.248 e. The van der Waals surface area contributed by atoms with Crippen LogP contribution in [0.5, 0.6) is 5.75 Å². The molecule has 0 spiro atoms. The molecule has 0 aromatic heterocycles. The molecule has 108 valence electrons. The summed E-state index contributed by atoms with van der Waals surface area (Å²) in [4.78, 5) is 11.9. The Balaban J connectivity index is 2.08. The van der Waals surface area contributed by atoms with Crippen LogP contribution in [-0.2, 0) is 4.79 Å². The van der Waals surface area contributed by atoms with E-state index >= 15 is 0 Å². The van der Waals surface area contributed by atoms with Crippen molar-refractivity contribution in [2.24, 2.45) is 0 Å². The van der Waals surface area contributed by atoms with Crippen LogP contribution in [0.25, 0.3) is 6.08 Å². The number of amides is 1. The number of hydrogen-bond acceptors (Lipinski definition) is 2. The topological polar surface area (TPSA) is 38.3 Å². The second-order valence-electron chi connectivity index (χ2n) is 4.93. The number of anilines is 1. The molecule has 1 amide bonds. The first kappa shape index (κ1) is 14.9. The van der Waals surface area contributed by atoms with Crippen molar-refractivity contribution in [1.29, 1.82) is 0 Å². The minimum absolute atomic E-state index is 0.164. The van der Waals surface area contributed by atoms with E-state index in [2.05, 4.69) is 5.32 Å². The zero-order valence-corrected chi connectivity index (χ0v) is 12.5. The van der Waals surface area contributed by atoms with Gasteiger partial charge < -0.3 is 10.1 Å². The maximum absolute atomic E-state index is 11.9. The molecule has 0 aliphatic carbocycles. The minimum Gasteiger partial charge on any atom is -0.496 e. The average molecular weight is 281 g/mol. The zero-order valence-electron chi connectivity index (χ0n) is 12.5. The molecule has 2 rings (SSSR count). The van der Waals surface area contributed by atoms with Gasteiger partial charge in [-0.05, 0) is 44.2 Å². The van der Waals surface area contributed by atoms with Gasteiger partial charge in [-0.1, -0.05) is 29.3 Å². The lowest BCUT2D eigenvalue weighted by atomic mass is 10.1. The first-order valence-corrected chi connectivity index (χ1v) is 6.79. The van der Waals surface area contributed by atoms with Crippen molar-refractivity contribution in [3.8, 4) is 5.75 Å². The summed E-state index contributed by atoms with van der Waals surface area (Å²) in [6.45, 7) is 4.01. The highest BCUT2D eigenvalue weighted by molar-refractivity contribution is 6.02. The van der Waals surface area contributed by atoms with Gasteiger partial charge in [-0.2, -0.15) is 0 Å². The molecule has 0 heterocycles. The number of benzene rings is 2. The molecule has 0 aliphatic rings. The lowest BCUT2D eigenvalue weighted by Gasteiger charge is -2.06. The highest BCUT2D eigenvalue weighted by atomic mass is 16.5. The number of carbonyl (C=O) groups is 1. The second-order valence-corrected chi connectivity index (χ2v) is 4.93.